The van der Waals surface area contributed by atoms with E-state index in [1.165, 1.54) is 11.8 Å². The summed E-state index contributed by atoms with van der Waals surface area (Å²) in [5.74, 6) is 2.45. The largest absolute Gasteiger partial charge is 0.445 e. The molecule has 0 fully saturated rings. The van der Waals surface area contributed by atoms with Crippen molar-refractivity contribution in [3.63, 3.8) is 0 Å². The van der Waals surface area contributed by atoms with Gasteiger partial charge in [-0.1, -0.05) is 11.8 Å². The van der Waals surface area contributed by atoms with E-state index >= 15 is 0 Å². The van der Waals surface area contributed by atoms with Gasteiger partial charge in [0.15, 0.2) is 0 Å². The maximum Gasteiger partial charge on any atom is 0.216 e. The summed E-state index contributed by atoms with van der Waals surface area (Å²) in [4.78, 5) is 8.21. The van der Waals surface area contributed by atoms with Crippen molar-refractivity contribution < 1.29 is 4.42 Å². The number of hydrogen-bond donors (Lipinski definition) is 2. The van der Waals surface area contributed by atoms with Gasteiger partial charge in [-0.15, -0.1) is 5.10 Å². The molecule has 7 heteroatoms. The summed E-state index contributed by atoms with van der Waals surface area (Å²) >= 11 is 1.43. The number of nitrogens with zero attached hydrogens (tertiary/aromatic N) is 3. The van der Waals surface area contributed by atoms with Crippen LogP contribution >= 0.6 is 11.8 Å². The van der Waals surface area contributed by atoms with E-state index in [-0.39, 0.29) is 0 Å². The highest BCUT2D eigenvalue weighted by Gasteiger charge is 2.08. The Bertz CT molecular complexity index is 444. The topological polar surface area (TPSA) is 93.6 Å². The van der Waals surface area contributed by atoms with Crippen LogP contribution in [0.1, 0.15) is 17.3 Å². The molecule has 2 aromatic rings. The third-order valence-electron chi connectivity index (χ3n) is 1.88. The first-order valence-electron chi connectivity index (χ1n) is 4.38. The summed E-state index contributed by atoms with van der Waals surface area (Å²) in [6, 6.07) is 0. The van der Waals surface area contributed by atoms with Gasteiger partial charge in [-0.3, -0.25) is 0 Å². The molecule has 6 nitrogen and oxygen atoms in total. The number of nitrogens with two attached hydrogens (primary N) is 1. The molecule has 0 amide bonds. The molecule has 0 saturated heterocycles. The van der Waals surface area contributed by atoms with Crippen molar-refractivity contribution in [1.82, 2.24) is 20.2 Å². The van der Waals surface area contributed by atoms with Gasteiger partial charge in [-0.2, -0.15) is 4.98 Å². The Labute approximate surface area is 90.7 Å². The summed E-state index contributed by atoms with van der Waals surface area (Å²) in [7, 11) is 0. The molecule has 2 rings (SSSR count). The molecule has 0 aliphatic carbocycles. The van der Waals surface area contributed by atoms with Crippen molar-refractivity contribution in [1.29, 1.82) is 0 Å². The monoisotopic (exact) mass is 225 g/mol. The van der Waals surface area contributed by atoms with Crippen molar-refractivity contribution >= 4 is 17.7 Å². The van der Waals surface area contributed by atoms with Gasteiger partial charge in [0, 0.05) is 0 Å². The van der Waals surface area contributed by atoms with Crippen LogP contribution in [0.15, 0.2) is 9.57 Å². The minimum absolute atomic E-state index is 0.317. The molecule has 15 heavy (non-hydrogen) atoms. The second kappa shape index (κ2) is 3.93. The van der Waals surface area contributed by atoms with Crippen LogP contribution in [-0.4, -0.2) is 20.2 Å². The summed E-state index contributed by atoms with van der Waals surface area (Å²) in [6.45, 7) is 3.80. The average molecular weight is 225 g/mol. The third-order valence-corrected chi connectivity index (χ3v) is 2.71. The number of nitrogen functional groups attached to an aromatic ring is 1. The first-order chi connectivity index (χ1) is 7.15. The van der Waals surface area contributed by atoms with Crippen molar-refractivity contribution in [2.24, 2.45) is 0 Å². The zero-order valence-corrected chi connectivity index (χ0v) is 9.26. The first-order valence-corrected chi connectivity index (χ1v) is 5.37. The Balaban J connectivity index is 1.99. The Kier molecular flexibility index (Phi) is 2.63. The Morgan fingerprint density at radius 3 is 2.73 bits per heavy atom. The number of oxazole rings is 1. The van der Waals surface area contributed by atoms with E-state index in [0.29, 0.717) is 22.7 Å². The summed E-state index contributed by atoms with van der Waals surface area (Å²) in [5, 5.41) is 7.06. The molecule has 0 spiro atoms. The van der Waals surface area contributed by atoms with Gasteiger partial charge in [-0.05, 0) is 13.8 Å². The van der Waals surface area contributed by atoms with Crippen LogP contribution in [0.25, 0.3) is 0 Å². The number of anilines is 1. The second-order valence-corrected chi connectivity index (χ2v) is 3.98. The number of nitrogens with one attached hydrogen (secondary N) is 1. The summed E-state index contributed by atoms with van der Waals surface area (Å²) in [6.07, 6.45) is 0. The minimum Gasteiger partial charge on any atom is -0.445 e. The number of aromatic amines is 1. The maximum atomic E-state index is 5.41. The SMILES string of the molecule is Cc1nc(CSc2n[nH]c(N)n2)oc1C. The molecular formula is C8H11N5OS. The van der Waals surface area contributed by atoms with Crippen molar-refractivity contribution in [3.05, 3.63) is 17.3 Å². The Morgan fingerprint density at radius 2 is 2.20 bits per heavy atom. The van der Waals surface area contributed by atoms with Crippen LogP contribution < -0.4 is 5.73 Å². The molecule has 0 aliphatic rings. The lowest BCUT2D eigenvalue weighted by molar-refractivity contribution is 0.489. The molecule has 0 saturated carbocycles. The number of rotatable bonds is 3. The summed E-state index contributed by atoms with van der Waals surface area (Å²) < 4.78 is 5.41. The highest BCUT2D eigenvalue weighted by atomic mass is 32.2. The predicted octanol–water partition coefficient (Wildman–Crippen LogP) is 1.28. The van der Waals surface area contributed by atoms with Gasteiger partial charge in [-0.25, -0.2) is 10.1 Å². The number of thioether (sulfide) groups is 1. The van der Waals surface area contributed by atoms with Gasteiger partial charge < -0.3 is 10.2 Å². The number of aryl methyl sites for hydroxylation is 2. The van der Waals surface area contributed by atoms with Crippen LogP contribution in [0, 0.1) is 13.8 Å². The minimum atomic E-state index is 0.317. The Morgan fingerprint density at radius 1 is 1.40 bits per heavy atom. The van der Waals surface area contributed by atoms with Crippen molar-refractivity contribution in [3.8, 4) is 0 Å². The van der Waals surface area contributed by atoms with E-state index in [2.05, 4.69) is 20.2 Å². The van der Waals surface area contributed by atoms with E-state index in [1.807, 2.05) is 13.8 Å². The number of H-pyrrole nitrogens is 1. The van der Waals surface area contributed by atoms with Crippen LogP contribution in [0.5, 0.6) is 0 Å². The molecule has 0 atom stereocenters. The van der Waals surface area contributed by atoms with E-state index in [4.69, 9.17) is 10.2 Å². The van der Waals surface area contributed by atoms with Gasteiger partial charge in [0.1, 0.15) is 5.76 Å². The third kappa shape index (κ3) is 2.30. The van der Waals surface area contributed by atoms with Gasteiger partial charge in [0.05, 0.1) is 11.4 Å². The highest BCUT2D eigenvalue weighted by molar-refractivity contribution is 7.98. The fraction of sp³-hybridized carbons (Fsp3) is 0.375. The smallest absolute Gasteiger partial charge is 0.216 e. The molecule has 3 N–H and O–H groups in total. The first kappa shape index (κ1) is 10.0. The number of hydrogen-bond acceptors (Lipinski definition) is 6. The van der Waals surface area contributed by atoms with E-state index in [9.17, 15) is 0 Å². The number of aromatic nitrogens is 4. The van der Waals surface area contributed by atoms with Gasteiger partial charge in [0.25, 0.3) is 0 Å². The molecule has 0 aromatic carbocycles. The van der Waals surface area contributed by atoms with Crippen LogP contribution in [0.2, 0.25) is 0 Å². The molecule has 0 radical (unpaired) electrons. The van der Waals surface area contributed by atoms with Crippen LogP contribution in [0.3, 0.4) is 0 Å². The lowest BCUT2D eigenvalue weighted by Gasteiger charge is -1.90. The van der Waals surface area contributed by atoms with Crippen LogP contribution in [-0.2, 0) is 5.75 Å². The molecule has 2 heterocycles. The standard InChI is InChI=1S/C8H11N5OS/c1-4-5(2)14-6(10-4)3-15-8-11-7(9)12-13-8/h3H2,1-2H3,(H3,9,11,12,13). The molecule has 0 unspecified atom stereocenters. The zero-order chi connectivity index (χ0) is 10.8. The van der Waals surface area contributed by atoms with E-state index < -0.39 is 0 Å². The van der Waals surface area contributed by atoms with E-state index in [0.717, 1.165) is 11.5 Å². The van der Waals surface area contributed by atoms with Crippen molar-refractivity contribution in [2.75, 3.05) is 5.73 Å². The van der Waals surface area contributed by atoms with Gasteiger partial charge >= 0.3 is 0 Å². The molecule has 0 aliphatic heterocycles. The van der Waals surface area contributed by atoms with E-state index in [1.54, 1.807) is 0 Å². The zero-order valence-electron chi connectivity index (χ0n) is 8.44. The predicted molar refractivity (Wildman–Crippen MR) is 56.3 cm³/mol. The Hall–Kier alpha value is -1.50. The molecule has 80 valence electrons. The lowest BCUT2D eigenvalue weighted by Crippen LogP contribution is -1.85. The lowest BCUT2D eigenvalue weighted by atomic mass is 10.4. The summed E-state index contributed by atoms with van der Waals surface area (Å²) in [5.41, 5.74) is 6.31. The molecule has 0 bridgehead atoms. The maximum absolute atomic E-state index is 5.41. The second-order valence-electron chi connectivity index (χ2n) is 3.04. The van der Waals surface area contributed by atoms with Crippen LogP contribution in [0.4, 0.5) is 5.95 Å². The molecule has 2 aromatic heterocycles. The van der Waals surface area contributed by atoms with Gasteiger partial charge in [0.2, 0.25) is 17.0 Å². The fourth-order valence-corrected chi connectivity index (χ4v) is 1.70. The fourth-order valence-electron chi connectivity index (χ4n) is 1.05. The average Bonchev–Trinajstić information content (AvgIpc) is 2.72. The highest BCUT2D eigenvalue weighted by Crippen LogP contribution is 2.20. The normalized spacial score (nSPS) is 10.8. The molecular weight excluding hydrogens is 214 g/mol. The quantitative estimate of drug-likeness (QED) is 0.764. The van der Waals surface area contributed by atoms with Crippen molar-refractivity contribution in [2.45, 2.75) is 24.8 Å².